The van der Waals surface area contributed by atoms with Crippen LogP contribution in [0.5, 0.6) is 11.5 Å². The molecule has 1 aliphatic heterocycles. The summed E-state index contributed by atoms with van der Waals surface area (Å²) in [7, 11) is 0. The first-order valence-corrected chi connectivity index (χ1v) is 10.1. The van der Waals surface area contributed by atoms with Crippen molar-refractivity contribution in [3.05, 3.63) is 58.2 Å². The highest BCUT2D eigenvalue weighted by Gasteiger charge is 2.35. The Balaban J connectivity index is 1.57. The van der Waals surface area contributed by atoms with Gasteiger partial charge in [0, 0.05) is 23.5 Å². The molecular formula is C22H18ClF4NO4. The molecule has 10 heteroatoms. The van der Waals surface area contributed by atoms with Crippen LogP contribution in [0.15, 0.2) is 36.4 Å². The maximum absolute atomic E-state index is 13.2. The second kappa shape index (κ2) is 8.54. The maximum atomic E-state index is 13.2. The average molecular weight is 472 g/mol. The fourth-order valence-electron chi connectivity index (χ4n) is 4.11. The lowest BCUT2D eigenvalue weighted by molar-refractivity contribution is -0.139. The molecule has 0 spiro atoms. The fraction of sp³-hybridized carbons (Fsp3) is 0.318. The number of benzene rings is 2. The predicted octanol–water partition coefficient (Wildman–Crippen LogP) is 6.16. The van der Waals surface area contributed by atoms with Crippen molar-refractivity contribution >= 4 is 28.5 Å². The third kappa shape index (κ3) is 4.21. The van der Waals surface area contributed by atoms with Crippen LogP contribution in [0.3, 0.4) is 0 Å². The molecule has 2 heterocycles. The summed E-state index contributed by atoms with van der Waals surface area (Å²) in [5.41, 5.74) is 0.774. The molecule has 1 N–H and O–H groups in total. The van der Waals surface area contributed by atoms with E-state index >= 15 is 0 Å². The number of nitrogens with zero attached hydrogens (tertiary/aromatic N) is 1. The van der Waals surface area contributed by atoms with Gasteiger partial charge in [-0.2, -0.15) is 13.2 Å². The van der Waals surface area contributed by atoms with Crippen LogP contribution in [-0.2, 0) is 24.1 Å². The molecule has 0 saturated heterocycles. The number of halogens is 5. The van der Waals surface area contributed by atoms with Crippen molar-refractivity contribution in [3.63, 3.8) is 0 Å². The smallest absolute Gasteiger partial charge is 0.419 e. The Morgan fingerprint density at radius 3 is 2.66 bits per heavy atom. The molecule has 0 bridgehead atoms. The number of hydrogen-bond acceptors (Lipinski definition) is 3. The van der Waals surface area contributed by atoms with Crippen molar-refractivity contribution in [1.29, 1.82) is 0 Å². The summed E-state index contributed by atoms with van der Waals surface area (Å²) in [5, 5.41) is 10.3. The van der Waals surface area contributed by atoms with Gasteiger partial charge in [0.2, 0.25) is 6.86 Å². The normalized spacial score (nSPS) is 15.7. The summed E-state index contributed by atoms with van der Waals surface area (Å²) in [6, 6.07) is 8.45. The highest BCUT2D eigenvalue weighted by Crippen LogP contribution is 2.43. The first kappa shape index (κ1) is 22.3. The molecule has 0 amide bonds. The molecule has 0 unspecified atom stereocenters. The zero-order chi connectivity index (χ0) is 23.0. The van der Waals surface area contributed by atoms with Crippen LogP contribution >= 0.6 is 11.6 Å². The van der Waals surface area contributed by atoms with Crippen LogP contribution in [-0.4, -0.2) is 22.5 Å². The molecule has 0 aliphatic carbocycles. The quantitative estimate of drug-likeness (QED) is 0.419. The minimum absolute atomic E-state index is 0.0109. The lowest BCUT2D eigenvalue weighted by Gasteiger charge is -2.14. The molecule has 2 aromatic carbocycles. The van der Waals surface area contributed by atoms with E-state index in [1.54, 1.807) is 18.2 Å². The Morgan fingerprint density at radius 1 is 1.19 bits per heavy atom. The highest BCUT2D eigenvalue weighted by molar-refractivity contribution is 6.36. The zero-order valence-electron chi connectivity index (χ0n) is 16.6. The largest absolute Gasteiger partial charge is 0.489 e. The van der Waals surface area contributed by atoms with Gasteiger partial charge in [-0.15, -0.1) is 0 Å². The lowest BCUT2D eigenvalue weighted by Crippen LogP contribution is -2.10. The number of aliphatic carboxylic acids is 1. The first-order valence-electron chi connectivity index (χ1n) is 9.74. The number of fused-ring (bicyclic) bond motifs is 3. The van der Waals surface area contributed by atoms with Crippen LogP contribution in [0.2, 0.25) is 5.02 Å². The number of aromatic nitrogens is 1. The van der Waals surface area contributed by atoms with Crippen LogP contribution < -0.4 is 9.47 Å². The predicted molar refractivity (Wildman–Crippen MR) is 109 cm³/mol. The van der Waals surface area contributed by atoms with Gasteiger partial charge in [0.15, 0.2) is 0 Å². The van der Waals surface area contributed by atoms with E-state index in [1.807, 2.05) is 4.57 Å². The van der Waals surface area contributed by atoms with Gasteiger partial charge < -0.3 is 19.1 Å². The van der Waals surface area contributed by atoms with Gasteiger partial charge >= 0.3 is 12.1 Å². The second-order valence-corrected chi connectivity index (χ2v) is 7.86. The minimum atomic E-state index is -4.70. The average Bonchev–Trinajstić information content (AvgIpc) is 3.25. The molecule has 1 atom stereocenters. The topological polar surface area (TPSA) is 60.7 Å². The van der Waals surface area contributed by atoms with Crippen LogP contribution in [0.1, 0.15) is 35.6 Å². The molecule has 3 aromatic rings. The van der Waals surface area contributed by atoms with Gasteiger partial charge in [-0.05, 0) is 42.3 Å². The van der Waals surface area contributed by atoms with E-state index in [-0.39, 0.29) is 24.5 Å². The minimum Gasteiger partial charge on any atom is -0.489 e. The van der Waals surface area contributed by atoms with Crippen LogP contribution in [0, 0.1) is 0 Å². The number of rotatable bonds is 7. The molecule has 4 rings (SSSR count). The van der Waals surface area contributed by atoms with Gasteiger partial charge in [-0.1, -0.05) is 17.7 Å². The van der Waals surface area contributed by atoms with E-state index in [0.29, 0.717) is 29.1 Å². The standard InChI is InChI=1S/C22H18ClF4NO4/c23-20-15-9-14(2-3-17(15)28-6-5-13(21(20)28)8-19(29)30)31-10-12-1-4-18(32-11-24)16(7-12)22(25,26)27/h1-4,7,9,13H,5-6,8,10-11H2,(H,29,30)/t13-/m1/s1. The van der Waals surface area contributed by atoms with Crippen LogP contribution in [0.4, 0.5) is 17.6 Å². The van der Waals surface area contributed by atoms with E-state index in [0.717, 1.165) is 23.3 Å². The fourth-order valence-corrected chi connectivity index (χ4v) is 4.52. The number of carbonyl (C=O) groups is 1. The third-order valence-electron chi connectivity index (χ3n) is 5.48. The lowest BCUT2D eigenvalue weighted by atomic mass is 10.0. The Hall–Kier alpha value is -2.94. The first-order chi connectivity index (χ1) is 15.2. The summed E-state index contributed by atoms with van der Waals surface area (Å²) in [6.07, 6.45) is -4.02. The van der Waals surface area contributed by atoms with Crippen LogP contribution in [0.25, 0.3) is 10.9 Å². The number of aryl methyl sites for hydroxylation is 1. The molecule has 170 valence electrons. The van der Waals surface area contributed by atoms with Crippen molar-refractivity contribution in [3.8, 4) is 11.5 Å². The Bertz CT molecular complexity index is 1170. The molecule has 0 fully saturated rings. The van der Waals surface area contributed by atoms with Crippen molar-refractivity contribution < 1.29 is 36.9 Å². The Kier molecular flexibility index (Phi) is 5.94. The van der Waals surface area contributed by atoms with Gasteiger partial charge in [-0.25, -0.2) is 4.39 Å². The molecule has 0 radical (unpaired) electrons. The molecule has 0 saturated carbocycles. The number of carboxylic acids is 1. The van der Waals surface area contributed by atoms with Gasteiger partial charge in [0.1, 0.15) is 18.1 Å². The summed E-state index contributed by atoms with van der Waals surface area (Å²) >= 11 is 6.55. The third-order valence-corrected chi connectivity index (χ3v) is 5.88. The van der Waals surface area contributed by atoms with Gasteiger partial charge in [-0.3, -0.25) is 4.79 Å². The second-order valence-electron chi connectivity index (χ2n) is 7.48. The number of alkyl halides is 4. The molecule has 5 nitrogen and oxygen atoms in total. The summed E-state index contributed by atoms with van der Waals surface area (Å²) in [4.78, 5) is 11.1. The van der Waals surface area contributed by atoms with E-state index < -0.39 is 30.3 Å². The van der Waals surface area contributed by atoms with Crippen molar-refractivity contribution in [1.82, 2.24) is 4.57 Å². The van der Waals surface area contributed by atoms with E-state index in [4.69, 9.17) is 21.4 Å². The SMILES string of the molecule is O=C(O)C[C@H]1CCn2c1c(Cl)c1cc(OCc3ccc(OCF)c(C(F)(F)F)c3)ccc12. The Labute approximate surface area is 185 Å². The molecule has 1 aliphatic rings. The van der Waals surface area contributed by atoms with Gasteiger partial charge in [0.05, 0.1) is 22.5 Å². The number of carboxylic acid groups (broad SMARTS) is 1. The molecule has 32 heavy (non-hydrogen) atoms. The summed E-state index contributed by atoms with van der Waals surface area (Å²) in [6.45, 7) is -0.865. The van der Waals surface area contributed by atoms with Crippen molar-refractivity contribution in [2.45, 2.75) is 38.1 Å². The maximum Gasteiger partial charge on any atom is 0.419 e. The van der Waals surface area contributed by atoms with Gasteiger partial charge in [0.25, 0.3) is 0 Å². The van der Waals surface area contributed by atoms with E-state index in [2.05, 4.69) is 4.74 Å². The number of ether oxygens (including phenoxy) is 2. The van der Waals surface area contributed by atoms with E-state index in [1.165, 1.54) is 6.07 Å². The number of hydrogen-bond donors (Lipinski definition) is 1. The Morgan fingerprint density at radius 2 is 1.97 bits per heavy atom. The molecule has 1 aromatic heterocycles. The van der Waals surface area contributed by atoms with Crippen molar-refractivity contribution in [2.24, 2.45) is 0 Å². The summed E-state index contributed by atoms with van der Waals surface area (Å²) < 4.78 is 64.1. The summed E-state index contributed by atoms with van der Waals surface area (Å²) in [5.74, 6) is -1.26. The highest BCUT2D eigenvalue weighted by atomic mass is 35.5. The van der Waals surface area contributed by atoms with E-state index in [9.17, 15) is 22.4 Å². The molecular weight excluding hydrogens is 454 g/mol. The zero-order valence-corrected chi connectivity index (χ0v) is 17.3. The van der Waals surface area contributed by atoms with Crippen molar-refractivity contribution in [2.75, 3.05) is 6.86 Å². The monoisotopic (exact) mass is 471 g/mol.